The Bertz CT molecular complexity index is 701. The van der Waals surface area contributed by atoms with Gasteiger partial charge in [-0.3, -0.25) is 20.2 Å². The number of hydrogen-bond donors (Lipinski definition) is 0. The van der Waals surface area contributed by atoms with Gasteiger partial charge in [0.15, 0.2) is 0 Å². The van der Waals surface area contributed by atoms with E-state index in [2.05, 4.69) is 0 Å². The molecule has 0 aliphatic rings. The Hall–Kier alpha value is -3.16. The van der Waals surface area contributed by atoms with Crippen LogP contribution in [0.15, 0.2) is 42.5 Å². The van der Waals surface area contributed by atoms with Crippen LogP contribution in [0.4, 0.5) is 11.4 Å². The number of ether oxygens (including phenoxy) is 2. The molecule has 0 radical (unpaired) electrons. The van der Waals surface area contributed by atoms with Crippen LogP contribution >= 0.6 is 0 Å². The zero-order valence-electron chi connectivity index (χ0n) is 10.9. The van der Waals surface area contributed by atoms with E-state index in [0.29, 0.717) is 0 Å². The zero-order valence-corrected chi connectivity index (χ0v) is 10.9. The van der Waals surface area contributed by atoms with E-state index in [1.807, 2.05) is 0 Å². The molecule has 0 saturated carbocycles. The predicted octanol–water partition coefficient (Wildman–Crippen LogP) is 3.30. The van der Waals surface area contributed by atoms with Gasteiger partial charge in [-0.25, -0.2) is 0 Å². The van der Waals surface area contributed by atoms with Gasteiger partial charge in [0, 0.05) is 6.07 Å². The van der Waals surface area contributed by atoms with Crippen LogP contribution in [0, 0.1) is 20.2 Å². The molecule has 0 fully saturated rings. The van der Waals surface area contributed by atoms with Gasteiger partial charge in [-0.05, 0) is 18.2 Å². The van der Waals surface area contributed by atoms with Crippen LogP contribution < -0.4 is 9.47 Å². The van der Waals surface area contributed by atoms with Crippen LogP contribution in [-0.2, 0) is 0 Å². The van der Waals surface area contributed by atoms with E-state index in [9.17, 15) is 20.2 Å². The second-order valence-electron chi connectivity index (χ2n) is 3.92. The van der Waals surface area contributed by atoms with Crippen molar-refractivity contribution in [2.75, 3.05) is 7.11 Å². The molecule has 0 spiro atoms. The van der Waals surface area contributed by atoms with Crippen LogP contribution in [0.5, 0.6) is 17.2 Å². The Morgan fingerprint density at radius 1 is 0.905 bits per heavy atom. The van der Waals surface area contributed by atoms with Gasteiger partial charge in [0.1, 0.15) is 5.75 Å². The number of methoxy groups -OCH3 is 1. The quantitative estimate of drug-likeness (QED) is 0.618. The summed E-state index contributed by atoms with van der Waals surface area (Å²) < 4.78 is 10.2. The number of nitro benzene ring substituents is 2. The van der Waals surface area contributed by atoms with E-state index in [0.717, 1.165) is 0 Å². The maximum atomic E-state index is 11.0. The molecule has 2 aromatic rings. The second kappa shape index (κ2) is 5.87. The molecule has 8 nitrogen and oxygen atoms in total. The summed E-state index contributed by atoms with van der Waals surface area (Å²) in [4.78, 5) is 20.7. The van der Waals surface area contributed by atoms with Crippen LogP contribution in [0.1, 0.15) is 0 Å². The summed E-state index contributed by atoms with van der Waals surface area (Å²) in [6.45, 7) is 0. The molecule has 108 valence electrons. The fourth-order valence-electron chi connectivity index (χ4n) is 1.67. The third-order valence-electron chi connectivity index (χ3n) is 2.64. The summed E-state index contributed by atoms with van der Waals surface area (Å²) in [5.41, 5.74) is -0.616. The van der Waals surface area contributed by atoms with E-state index in [1.165, 1.54) is 49.6 Å². The molecule has 0 amide bonds. The summed E-state index contributed by atoms with van der Waals surface area (Å²) >= 11 is 0. The third-order valence-corrected chi connectivity index (χ3v) is 2.64. The summed E-state index contributed by atoms with van der Waals surface area (Å²) in [6.07, 6.45) is 0. The maximum absolute atomic E-state index is 11.0. The van der Waals surface area contributed by atoms with Gasteiger partial charge < -0.3 is 9.47 Å². The van der Waals surface area contributed by atoms with E-state index in [4.69, 9.17) is 9.47 Å². The molecule has 0 saturated heterocycles. The standard InChI is InChI=1S/C13H10N2O6/c1-20-9-6-7-13(11(8-9)15(18)19)21-12-5-3-2-4-10(12)14(16)17/h2-8H,1H3. The van der Waals surface area contributed by atoms with Crippen LogP contribution in [0.25, 0.3) is 0 Å². The molecule has 0 atom stereocenters. The van der Waals surface area contributed by atoms with Crippen molar-refractivity contribution in [1.29, 1.82) is 0 Å². The predicted molar refractivity (Wildman–Crippen MR) is 72.8 cm³/mol. The molecule has 0 bridgehead atoms. The molecule has 0 heterocycles. The van der Waals surface area contributed by atoms with E-state index in [1.54, 1.807) is 0 Å². The first-order chi connectivity index (χ1) is 10.0. The van der Waals surface area contributed by atoms with Crippen LogP contribution in [0.2, 0.25) is 0 Å². The van der Waals surface area contributed by atoms with Gasteiger partial charge in [0.2, 0.25) is 11.5 Å². The van der Waals surface area contributed by atoms with Crippen molar-refractivity contribution in [3.05, 3.63) is 62.7 Å². The minimum Gasteiger partial charge on any atom is -0.496 e. The Balaban J connectivity index is 2.45. The van der Waals surface area contributed by atoms with Gasteiger partial charge >= 0.3 is 11.4 Å². The molecule has 0 aliphatic carbocycles. The monoisotopic (exact) mass is 290 g/mol. The zero-order chi connectivity index (χ0) is 15.4. The molecule has 8 heteroatoms. The number of para-hydroxylation sites is 2. The average Bonchev–Trinajstić information content (AvgIpc) is 2.47. The second-order valence-corrected chi connectivity index (χ2v) is 3.92. The normalized spacial score (nSPS) is 9.95. The van der Waals surface area contributed by atoms with Crippen LogP contribution in [0.3, 0.4) is 0 Å². The first-order valence-corrected chi connectivity index (χ1v) is 5.76. The number of nitro groups is 2. The number of nitrogens with zero attached hydrogens (tertiary/aromatic N) is 2. The molecule has 2 aromatic carbocycles. The summed E-state index contributed by atoms with van der Waals surface area (Å²) in [6, 6.07) is 9.62. The summed E-state index contributed by atoms with van der Waals surface area (Å²) in [7, 11) is 1.38. The molecule has 0 aliphatic heterocycles. The highest BCUT2D eigenvalue weighted by atomic mass is 16.6. The van der Waals surface area contributed by atoms with Gasteiger partial charge in [-0.15, -0.1) is 0 Å². The number of hydrogen-bond acceptors (Lipinski definition) is 6. The third kappa shape index (κ3) is 3.06. The Morgan fingerprint density at radius 2 is 1.52 bits per heavy atom. The maximum Gasteiger partial charge on any atom is 0.315 e. The molecule has 0 aromatic heterocycles. The van der Waals surface area contributed by atoms with Crippen molar-refractivity contribution >= 4 is 11.4 Å². The first kappa shape index (κ1) is 14.3. The van der Waals surface area contributed by atoms with E-state index < -0.39 is 9.85 Å². The lowest BCUT2D eigenvalue weighted by Crippen LogP contribution is -1.97. The van der Waals surface area contributed by atoms with E-state index in [-0.39, 0.29) is 28.6 Å². The van der Waals surface area contributed by atoms with Crippen molar-refractivity contribution in [2.45, 2.75) is 0 Å². The SMILES string of the molecule is COc1ccc(Oc2ccccc2[N+](=O)[O-])c([N+](=O)[O-])c1. The van der Waals surface area contributed by atoms with Crippen LogP contribution in [-0.4, -0.2) is 17.0 Å². The molecule has 0 N–H and O–H groups in total. The van der Waals surface area contributed by atoms with Gasteiger partial charge in [0.25, 0.3) is 0 Å². The highest BCUT2D eigenvalue weighted by Crippen LogP contribution is 2.37. The first-order valence-electron chi connectivity index (χ1n) is 5.76. The van der Waals surface area contributed by atoms with E-state index >= 15 is 0 Å². The molecular weight excluding hydrogens is 280 g/mol. The Morgan fingerprint density at radius 3 is 2.14 bits per heavy atom. The molecular formula is C13H10N2O6. The van der Waals surface area contributed by atoms with Crippen molar-refractivity contribution in [3.63, 3.8) is 0 Å². The molecule has 21 heavy (non-hydrogen) atoms. The van der Waals surface area contributed by atoms with Gasteiger partial charge in [0.05, 0.1) is 23.0 Å². The fourth-order valence-corrected chi connectivity index (χ4v) is 1.67. The lowest BCUT2D eigenvalue weighted by Gasteiger charge is -2.07. The Kier molecular flexibility index (Phi) is 3.98. The summed E-state index contributed by atoms with van der Waals surface area (Å²) in [5.74, 6) is 0.113. The average molecular weight is 290 g/mol. The van der Waals surface area contributed by atoms with Gasteiger partial charge in [-0.2, -0.15) is 0 Å². The topological polar surface area (TPSA) is 105 Å². The lowest BCUT2D eigenvalue weighted by atomic mass is 10.2. The molecule has 2 rings (SSSR count). The smallest absolute Gasteiger partial charge is 0.315 e. The van der Waals surface area contributed by atoms with Crippen molar-refractivity contribution in [3.8, 4) is 17.2 Å². The summed E-state index contributed by atoms with van der Waals surface area (Å²) in [5, 5.41) is 21.9. The van der Waals surface area contributed by atoms with Gasteiger partial charge in [-0.1, -0.05) is 12.1 Å². The fraction of sp³-hybridized carbons (Fsp3) is 0.0769. The highest BCUT2D eigenvalue weighted by Gasteiger charge is 2.21. The minimum atomic E-state index is -0.646. The Labute approximate surface area is 118 Å². The highest BCUT2D eigenvalue weighted by molar-refractivity contribution is 5.55. The lowest BCUT2D eigenvalue weighted by molar-refractivity contribution is -0.387. The largest absolute Gasteiger partial charge is 0.496 e. The minimum absolute atomic E-state index is 0.0734. The van der Waals surface area contributed by atoms with Crippen molar-refractivity contribution in [2.24, 2.45) is 0 Å². The van der Waals surface area contributed by atoms with Crippen molar-refractivity contribution < 1.29 is 19.3 Å². The molecule has 0 unspecified atom stereocenters. The van der Waals surface area contributed by atoms with Crippen molar-refractivity contribution in [1.82, 2.24) is 0 Å². The number of benzene rings is 2. The number of rotatable bonds is 5.